The molecule has 0 aromatic heterocycles. The molecule has 1 aromatic carbocycles. The van der Waals surface area contributed by atoms with Gasteiger partial charge in [-0.15, -0.1) is 0 Å². The highest BCUT2D eigenvalue weighted by Gasteiger charge is 2.14. The number of carbonyl (C=O) groups excluding carboxylic acids is 1. The molecule has 0 saturated heterocycles. The molecule has 1 N–H and O–H groups in total. The van der Waals surface area contributed by atoms with Crippen LogP contribution in [0, 0.1) is 6.92 Å². The molecule has 1 saturated carbocycles. The molecule has 17 heavy (non-hydrogen) atoms. The van der Waals surface area contributed by atoms with Crippen LogP contribution in [-0.2, 0) is 4.79 Å². The van der Waals surface area contributed by atoms with E-state index < -0.39 is 0 Å². The Labute approximate surface area is 110 Å². The third kappa shape index (κ3) is 3.19. The van der Waals surface area contributed by atoms with E-state index in [1.54, 1.807) is 0 Å². The van der Waals surface area contributed by atoms with Crippen molar-refractivity contribution in [3.63, 3.8) is 0 Å². The number of rotatable bonds is 2. The summed E-state index contributed by atoms with van der Waals surface area (Å²) in [6, 6.07) is 6.08. The van der Waals surface area contributed by atoms with Crippen molar-refractivity contribution in [2.75, 3.05) is 5.32 Å². The third-order valence-electron chi connectivity index (χ3n) is 3.03. The fourth-order valence-corrected chi connectivity index (χ4v) is 2.21. The van der Waals surface area contributed by atoms with E-state index in [0.29, 0.717) is 6.42 Å². The molecule has 1 aromatic rings. The lowest BCUT2D eigenvalue weighted by Crippen LogP contribution is -2.09. The molecule has 0 amide bonds. The second-order valence-corrected chi connectivity index (χ2v) is 5.26. The van der Waals surface area contributed by atoms with Crippen LogP contribution in [0.1, 0.15) is 31.2 Å². The van der Waals surface area contributed by atoms with Crippen LogP contribution in [-0.4, -0.2) is 5.78 Å². The fraction of sp³-hybridized carbons (Fsp3) is 0.357. The lowest BCUT2D eigenvalue weighted by molar-refractivity contribution is -0.116. The zero-order valence-electron chi connectivity index (χ0n) is 9.92. The summed E-state index contributed by atoms with van der Waals surface area (Å²) in [7, 11) is 0. The molecule has 0 heterocycles. The molecule has 2 nitrogen and oxygen atoms in total. The molecule has 0 unspecified atom stereocenters. The topological polar surface area (TPSA) is 29.1 Å². The van der Waals surface area contributed by atoms with Gasteiger partial charge in [-0.1, -0.05) is 15.9 Å². The summed E-state index contributed by atoms with van der Waals surface area (Å²) >= 11 is 3.47. The number of hydrogen-bond acceptors (Lipinski definition) is 2. The molecule has 0 atom stereocenters. The van der Waals surface area contributed by atoms with Crippen LogP contribution in [0.3, 0.4) is 0 Å². The smallest absolute Gasteiger partial charge is 0.160 e. The second kappa shape index (κ2) is 5.50. The van der Waals surface area contributed by atoms with Gasteiger partial charge in [-0.3, -0.25) is 4.79 Å². The molecule has 0 spiro atoms. The maximum atomic E-state index is 11.6. The first-order valence-electron chi connectivity index (χ1n) is 5.92. The number of benzene rings is 1. The van der Waals surface area contributed by atoms with Gasteiger partial charge in [0.2, 0.25) is 0 Å². The van der Waals surface area contributed by atoms with Crippen molar-refractivity contribution in [3.05, 3.63) is 40.0 Å². The largest absolute Gasteiger partial charge is 0.361 e. The van der Waals surface area contributed by atoms with Crippen molar-refractivity contribution in [2.24, 2.45) is 0 Å². The Morgan fingerprint density at radius 3 is 2.76 bits per heavy atom. The van der Waals surface area contributed by atoms with Gasteiger partial charge < -0.3 is 5.32 Å². The second-order valence-electron chi connectivity index (χ2n) is 4.41. The van der Waals surface area contributed by atoms with Gasteiger partial charge in [-0.25, -0.2) is 0 Å². The predicted molar refractivity (Wildman–Crippen MR) is 74.1 cm³/mol. The Morgan fingerprint density at radius 2 is 2.06 bits per heavy atom. The Balaban J connectivity index is 2.08. The van der Waals surface area contributed by atoms with Crippen LogP contribution in [0.25, 0.3) is 0 Å². The van der Waals surface area contributed by atoms with Gasteiger partial charge in [0.05, 0.1) is 0 Å². The molecule has 2 rings (SSSR count). The lowest BCUT2D eigenvalue weighted by Gasteiger charge is -2.13. The molecule has 90 valence electrons. The first kappa shape index (κ1) is 12.4. The number of hydrogen-bond donors (Lipinski definition) is 1. The van der Waals surface area contributed by atoms with Crippen molar-refractivity contribution in [1.82, 2.24) is 0 Å². The highest BCUT2D eigenvalue weighted by atomic mass is 79.9. The maximum Gasteiger partial charge on any atom is 0.160 e. The van der Waals surface area contributed by atoms with E-state index in [-0.39, 0.29) is 5.78 Å². The van der Waals surface area contributed by atoms with Crippen molar-refractivity contribution in [2.45, 2.75) is 32.6 Å². The first-order chi connectivity index (χ1) is 8.16. The van der Waals surface area contributed by atoms with Gasteiger partial charge in [0, 0.05) is 28.4 Å². The average molecular weight is 294 g/mol. The number of carbonyl (C=O) groups is 1. The fourth-order valence-electron chi connectivity index (χ4n) is 1.96. The molecule has 0 radical (unpaired) electrons. The number of aryl methyl sites for hydroxylation is 1. The van der Waals surface area contributed by atoms with Crippen LogP contribution >= 0.6 is 15.9 Å². The third-order valence-corrected chi connectivity index (χ3v) is 3.92. The molecule has 1 fully saturated rings. The number of nitrogens with one attached hydrogen (secondary N) is 1. The van der Waals surface area contributed by atoms with Gasteiger partial charge in [-0.2, -0.15) is 0 Å². The maximum absolute atomic E-state index is 11.6. The monoisotopic (exact) mass is 293 g/mol. The zero-order valence-corrected chi connectivity index (χ0v) is 11.5. The lowest BCUT2D eigenvalue weighted by atomic mass is 9.94. The molecular formula is C14H16BrNO. The van der Waals surface area contributed by atoms with E-state index in [1.165, 1.54) is 5.56 Å². The number of halogens is 1. The van der Waals surface area contributed by atoms with Gasteiger partial charge in [0.25, 0.3) is 0 Å². The summed E-state index contributed by atoms with van der Waals surface area (Å²) in [6.45, 7) is 2.05. The average Bonchev–Trinajstić information content (AvgIpc) is 2.32. The molecule has 3 heteroatoms. The minimum absolute atomic E-state index is 0.289. The summed E-state index contributed by atoms with van der Waals surface area (Å²) < 4.78 is 1.10. The summed E-state index contributed by atoms with van der Waals surface area (Å²) in [5, 5.41) is 3.21. The van der Waals surface area contributed by atoms with E-state index in [4.69, 9.17) is 0 Å². The summed E-state index contributed by atoms with van der Waals surface area (Å²) in [4.78, 5) is 11.6. The van der Waals surface area contributed by atoms with Crippen LogP contribution in [0.15, 0.2) is 34.4 Å². The number of ketones is 1. The first-order valence-corrected chi connectivity index (χ1v) is 6.71. The van der Waals surface area contributed by atoms with Crippen LogP contribution in [0.2, 0.25) is 0 Å². The van der Waals surface area contributed by atoms with Gasteiger partial charge in [0.15, 0.2) is 5.78 Å². The molecule has 0 aliphatic heterocycles. The summed E-state index contributed by atoms with van der Waals surface area (Å²) in [5.74, 6) is 0.289. The van der Waals surface area contributed by atoms with E-state index in [1.807, 2.05) is 25.3 Å². The predicted octanol–water partition coefficient (Wildman–Crippen LogP) is 4.20. The van der Waals surface area contributed by atoms with Gasteiger partial charge >= 0.3 is 0 Å². The number of allylic oxidation sites excluding steroid dienone is 1. The minimum atomic E-state index is 0.289. The summed E-state index contributed by atoms with van der Waals surface area (Å²) in [6.07, 6.45) is 5.63. The van der Waals surface area contributed by atoms with Crippen molar-refractivity contribution in [1.29, 1.82) is 0 Å². The summed E-state index contributed by atoms with van der Waals surface area (Å²) in [5.41, 5.74) is 3.14. The zero-order chi connectivity index (χ0) is 12.3. The van der Waals surface area contributed by atoms with Gasteiger partial charge in [0.1, 0.15) is 0 Å². The molecular weight excluding hydrogens is 278 g/mol. The Kier molecular flexibility index (Phi) is 4.00. The number of anilines is 1. The van der Waals surface area contributed by atoms with E-state index in [0.717, 1.165) is 35.0 Å². The van der Waals surface area contributed by atoms with E-state index in [9.17, 15) is 4.79 Å². The van der Waals surface area contributed by atoms with Gasteiger partial charge in [-0.05, 0) is 49.9 Å². The molecule has 1 aliphatic rings. The standard InChI is InChI=1S/C14H16BrNO/c1-10-8-12(6-7-13(10)15)16-9-11-4-2-3-5-14(11)17/h6-9,16H,2-5H2,1H3/b11-9-. The van der Waals surface area contributed by atoms with Crippen LogP contribution in [0.4, 0.5) is 5.69 Å². The van der Waals surface area contributed by atoms with Crippen molar-refractivity contribution in [3.8, 4) is 0 Å². The van der Waals surface area contributed by atoms with Crippen molar-refractivity contribution >= 4 is 27.4 Å². The van der Waals surface area contributed by atoms with Crippen LogP contribution in [0.5, 0.6) is 0 Å². The van der Waals surface area contributed by atoms with Crippen LogP contribution < -0.4 is 5.32 Å². The number of Topliss-reactive ketones (excluding diaryl/α,β-unsaturated/α-hetero) is 1. The molecule has 1 aliphatic carbocycles. The molecule has 0 bridgehead atoms. The highest BCUT2D eigenvalue weighted by Crippen LogP contribution is 2.22. The van der Waals surface area contributed by atoms with E-state index >= 15 is 0 Å². The Morgan fingerprint density at radius 1 is 1.29 bits per heavy atom. The highest BCUT2D eigenvalue weighted by molar-refractivity contribution is 9.10. The van der Waals surface area contributed by atoms with E-state index in [2.05, 4.69) is 27.3 Å². The van der Waals surface area contributed by atoms with Crippen molar-refractivity contribution < 1.29 is 4.79 Å². The quantitative estimate of drug-likeness (QED) is 0.828. The minimum Gasteiger partial charge on any atom is -0.361 e. The Bertz CT molecular complexity index is 465. The Hall–Kier alpha value is -1.09. The normalized spacial score (nSPS) is 18.5. The SMILES string of the molecule is Cc1cc(N/C=C2/CCCCC2=O)ccc1Br.